The molecule has 0 amide bonds. The smallest absolute Gasteiger partial charge is 0.201 e. The van der Waals surface area contributed by atoms with E-state index in [4.69, 9.17) is 4.42 Å². The van der Waals surface area contributed by atoms with E-state index in [0.29, 0.717) is 5.76 Å². The van der Waals surface area contributed by atoms with Crippen molar-refractivity contribution in [1.82, 2.24) is 0 Å². The van der Waals surface area contributed by atoms with E-state index >= 15 is 0 Å². The second-order valence-electron chi connectivity index (χ2n) is 4.92. The zero-order chi connectivity index (χ0) is 16.2. The summed E-state index contributed by atoms with van der Waals surface area (Å²) in [5.74, 6) is -0.373. The normalized spacial score (nSPS) is 9.83. The molecule has 128 valence electrons. The zero-order valence-electron chi connectivity index (χ0n) is 12.5. The van der Waals surface area contributed by atoms with Gasteiger partial charge in [-0.3, -0.25) is 0 Å². The number of hydrogen-bond donors (Lipinski definition) is 2. The first-order chi connectivity index (χ1) is 11.2. The van der Waals surface area contributed by atoms with E-state index in [9.17, 15) is 15.0 Å². The maximum atomic E-state index is 11.9. The Kier molecular flexibility index (Phi) is 5.63. The topological polar surface area (TPSA) is 70.7 Å². The molecule has 0 bridgehead atoms. The van der Waals surface area contributed by atoms with Crippen molar-refractivity contribution in [2.24, 2.45) is 0 Å². The van der Waals surface area contributed by atoms with Crippen LogP contribution in [0.1, 0.15) is 0 Å². The number of phenolic OH excluding ortho intramolecular Hbond substituents is 2. The minimum atomic E-state index is -0.419. The minimum absolute atomic E-state index is 0. The van der Waals surface area contributed by atoms with Gasteiger partial charge in [-0.2, -0.15) is 12.1 Å². The predicted octanol–water partition coefficient (Wildman–Crippen LogP) is 3.99. The van der Waals surface area contributed by atoms with Crippen molar-refractivity contribution in [3.8, 4) is 22.8 Å². The molecule has 0 saturated carbocycles. The van der Waals surface area contributed by atoms with Crippen molar-refractivity contribution < 1.29 is 31.7 Å². The first-order valence-electron chi connectivity index (χ1n) is 7.04. The molecule has 4 rings (SSSR count). The molecule has 0 fully saturated rings. The molecule has 0 aliphatic carbocycles. The van der Waals surface area contributed by atoms with Crippen LogP contribution in [0.3, 0.4) is 0 Å². The van der Waals surface area contributed by atoms with Crippen LogP contribution in [-0.4, -0.2) is 10.2 Å². The van der Waals surface area contributed by atoms with E-state index in [1.54, 1.807) is 12.1 Å². The Morgan fingerprint density at radius 1 is 0.958 bits per heavy atom. The average molecular weight is 362 g/mol. The van der Waals surface area contributed by atoms with E-state index in [2.05, 4.69) is 0 Å². The van der Waals surface area contributed by atoms with Crippen LogP contribution in [0.4, 0.5) is 0 Å². The SMILES string of the molecule is O=c1cc(-[c-]2cccc2)oc2c(O)c(O)ccc12.[Fe].[cH-]1[cH-][cH-][cH-][cH-]1. The van der Waals surface area contributed by atoms with E-state index < -0.39 is 5.75 Å². The van der Waals surface area contributed by atoms with Crippen molar-refractivity contribution in [3.05, 3.63) is 83.0 Å². The number of benzene rings is 1. The molecule has 0 saturated heterocycles. The fourth-order valence-corrected chi connectivity index (χ4v) is 2.20. The summed E-state index contributed by atoms with van der Waals surface area (Å²) in [7, 11) is 0. The molecule has 1 heterocycles. The van der Waals surface area contributed by atoms with Gasteiger partial charge < -0.3 is 49.8 Å². The van der Waals surface area contributed by atoms with E-state index in [1.165, 1.54) is 18.2 Å². The van der Waals surface area contributed by atoms with Crippen molar-refractivity contribution in [2.75, 3.05) is 0 Å². The van der Waals surface area contributed by atoms with Gasteiger partial charge in [-0.1, -0.05) is 5.56 Å². The van der Waals surface area contributed by atoms with Crippen molar-refractivity contribution in [3.63, 3.8) is 0 Å². The standard InChI is InChI=1S/C14H9O4.C5H5.Fe/c15-10-6-5-9-11(16)7-12(8-3-1-2-4-8)18-14(9)13(10)17;1-2-4-5-3-1;/h1-7,15,17H;1-5H;/q-1;-5;. The van der Waals surface area contributed by atoms with Gasteiger partial charge in [-0.25, -0.2) is 0 Å². The Hall–Kier alpha value is -2.75. The van der Waals surface area contributed by atoms with Crippen LogP contribution in [0, 0.1) is 0 Å². The van der Waals surface area contributed by atoms with Crippen LogP contribution in [0.2, 0.25) is 0 Å². The third kappa shape index (κ3) is 3.59. The van der Waals surface area contributed by atoms with Gasteiger partial charge >= 0.3 is 0 Å². The second-order valence-corrected chi connectivity index (χ2v) is 4.92. The van der Waals surface area contributed by atoms with Crippen molar-refractivity contribution in [2.45, 2.75) is 0 Å². The quantitative estimate of drug-likeness (QED) is 0.305. The van der Waals surface area contributed by atoms with Crippen LogP contribution < -0.4 is 5.43 Å². The Morgan fingerprint density at radius 2 is 1.54 bits per heavy atom. The molecule has 1 aromatic heterocycles. The zero-order valence-corrected chi connectivity index (χ0v) is 13.6. The molecule has 0 radical (unpaired) electrons. The van der Waals surface area contributed by atoms with E-state index in [1.807, 2.05) is 42.5 Å². The Balaban J connectivity index is 0.000000300. The van der Waals surface area contributed by atoms with Crippen LogP contribution in [0.15, 0.2) is 82.0 Å². The van der Waals surface area contributed by atoms with Gasteiger partial charge in [0.15, 0.2) is 16.8 Å². The molecule has 0 atom stereocenters. The monoisotopic (exact) mass is 362 g/mol. The molecule has 4 nitrogen and oxygen atoms in total. The van der Waals surface area contributed by atoms with Crippen LogP contribution in [0.25, 0.3) is 22.3 Å². The molecule has 2 N–H and O–H groups in total. The van der Waals surface area contributed by atoms with Gasteiger partial charge in [0.05, 0.1) is 11.1 Å². The van der Waals surface area contributed by atoms with Crippen LogP contribution in [0.5, 0.6) is 11.5 Å². The molecule has 24 heavy (non-hydrogen) atoms. The fourth-order valence-electron chi connectivity index (χ4n) is 2.20. The Bertz CT molecular complexity index is 934. The summed E-state index contributed by atoms with van der Waals surface area (Å²) in [4.78, 5) is 11.9. The minimum Gasteiger partial charge on any atom is -0.748 e. The summed E-state index contributed by atoms with van der Waals surface area (Å²) in [5, 5.41) is 19.4. The summed E-state index contributed by atoms with van der Waals surface area (Å²) < 4.78 is 5.49. The fraction of sp³-hybridized carbons (Fsp3) is 0. The van der Waals surface area contributed by atoms with Crippen molar-refractivity contribution >= 4 is 11.0 Å². The summed E-state index contributed by atoms with van der Waals surface area (Å²) in [5.41, 5.74) is 0.484. The summed E-state index contributed by atoms with van der Waals surface area (Å²) in [6.07, 6.45) is 0. The molecule has 4 aromatic rings. The van der Waals surface area contributed by atoms with Gasteiger partial charge in [0.2, 0.25) is 5.75 Å². The molecular weight excluding hydrogens is 348 g/mol. The largest absolute Gasteiger partial charge is 0.748 e. The number of hydrogen-bond acceptors (Lipinski definition) is 4. The second kappa shape index (κ2) is 7.68. The third-order valence-electron chi connectivity index (χ3n) is 3.35. The summed E-state index contributed by atoms with van der Waals surface area (Å²) >= 11 is 0. The number of phenols is 2. The van der Waals surface area contributed by atoms with Gasteiger partial charge in [0, 0.05) is 17.1 Å². The molecule has 0 unspecified atom stereocenters. The van der Waals surface area contributed by atoms with E-state index in [0.717, 1.165) is 5.56 Å². The van der Waals surface area contributed by atoms with Crippen LogP contribution in [-0.2, 0) is 17.1 Å². The maximum Gasteiger partial charge on any atom is 0.201 e. The maximum absolute atomic E-state index is 11.9. The predicted molar refractivity (Wildman–Crippen MR) is 88.9 cm³/mol. The first kappa shape index (κ1) is 17.6. The van der Waals surface area contributed by atoms with Crippen molar-refractivity contribution in [1.29, 1.82) is 0 Å². The first-order valence-corrected chi connectivity index (χ1v) is 7.04. The number of aromatic hydroxyl groups is 2. The summed E-state index contributed by atoms with van der Waals surface area (Å²) in [6, 6.07) is 21.3. The number of rotatable bonds is 1. The number of fused-ring (bicyclic) bond motifs is 1. The molecule has 5 heteroatoms. The van der Waals surface area contributed by atoms with Gasteiger partial charge in [-0.15, -0.1) is 12.1 Å². The van der Waals surface area contributed by atoms with Gasteiger partial charge in [-0.05, 0) is 18.2 Å². The van der Waals surface area contributed by atoms with Gasteiger partial charge in [0.1, 0.15) is 0 Å². The Labute approximate surface area is 148 Å². The van der Waals surface area contributed by atoms with Crippen LogP contribution >= 0.6 is 0 Å². The molecule has 0 spiro atoms. The van der Waals surface area contributed by atoms with Gasteiger partial charge in [0.25, 0.3) is 0 Å². The third-order valence-corrected chi connectivity index (χ3v) is 3.35. The Morgan fingerprint density at radius 3 is 2.12 bits per heavy atom. The van der Waals surface area contributed by atoms with E-state index in [-0.39, 0.29) is 39.2 Å². The summed E-state index contributed by atoms with van der Waals surface area (Å²) in [6.45, 7) is 0. The molecule has 3 aromatic carbocycles. The molecule has 0 aliphatic rings. The molecular formula is C19H14FeO4-6. The average Bonchev–Trinajstić information content (AvgIpc) is 3.26. The molecule has 0 aliphatic heterocycles.